The molecule has 4 aromatic rings. The lowest BCUT2D eigenvalue weighted by atomic mass is 9.54. The van der Waals surface area contributed by atoms with Gasteiger partial charge in [0.25, 0.3) is 5.91 Å². The number of halogens is 1. The number of rotatable bonds is 6. The van der Waals surface area contributed by atoms with Gasteiger partial charge in [0, 0.05) is 41.5 Å². The molecule has 0 atom stereocenters. The van der Waals surface area contributed by atoms with Crippen LogP contribution in [0.1, 0.15) is 48.0 Å². The van der Waals surface area contributed by atoms with Gasteiger partial charge in [0.2, 0.25) is 5.88 Å². The van der Waals surface area contributed by atoms with Crippen LogP contribution in [0, 0.1) is 5.41 Å². The fraction of sp³-hybridized carbons (Fsp3) is 0.310. The van der Waals surface area contributed by atoms with Crippen LogP contribution in [0.2, 0.25) is 5.02 Å². The second-order valence-corrected chi connectivity index (χ2v) is 10.4. The summed E-state index contributed by atoms with van der Waals surface area (Å²) in [5, 5.41) is 4.84. The molecule has 0 aliphatic heterocycles. The number of nitrogens with one attached hydrogen (secondary N) is 1. The topological polar surface area (TPSA) is 56.1 Å². The van der Waals surface area contributed by atoms with Crippen molar-refractivity contribution in [3.63, 3.8) is 0 Å². The van der Waals surface area contributed by atoms with Crippen molar-refractivity contribution in [1.82, 2.24) is 14.9 Å². The van der Waals surface area contributed by atoms with Crippen molar-refractivity contribution >= 4 is 28.4 Å². The summed E-state index contributed by atoms with van der Waals surface area (Å²) in [4.78, 5) is 17.4. The second kappa shape index (κ2) is 8.72. The Balaban J connectivity index is 1.24. The first-order chi connectivity index (χ1) is 17.0. The van der Waals surface area contributed by atoms with Crippen molar-refractivity contribution in [2.24, 2.45) is 5.41 Å². The van der Waals surface area contributed by atoms with E-state index in [1.54, 1.807) is 13.3 Å². The molecule has 178 valence electrons. The van der Waals surface area contributed by atoms with E-state index in [9.17, 15) is 4.79 Å². The number of methoxy groups -OCH3 is 1. The molecule has 2 aliphatic carbocycles. The van der Waals surface area contributed by atoms with E-state index in [1.807, 2.05) is 36.5 Å². The van der Waals surface area contributed by atoms with E-state index in [0.29, 0.717) is 28.4 Å². The highest BCUT2D eigenvalue weighted by atomic mass is 35.5. The molecule has 0 radical (unpaired) electrons. The number of nitrogens with zero attached hydrogens (tertiary/aromatic N) is 2. The average molecular weight is 486 g/mol. The Morgan fingerprint density at radius 3 is 2.63 bits per heavy atom. The quantitative estimate of drug-likeness (QED) is 0.340. The van der Waals surface area contributed by atoms with Crippen LogP contribution >= 0.6 is 11.6 Å². The van der Waals surface area contributed by atoms with Gasteiger partial charge in [-0.3, -0.25) is 4.79 Å². The van der Waals surface area contributed by atoms with Gasteiger partial charge < -0.3 is 14.6 Å². The van der Waals surface area contributed by atoms with E-state index in [-0.39, 0.29) is 11.9 Å². The van der Waals surface area contributed by atoms with E-state index in [1.165, 1.54) is 19.3 Å². The summed E-state index contributed by atoms with van der Waals surface area (Å²) in [7, 11) is 1.62. The number of carbonyl (C=O) groups excluding carboxylic acids is 1. The first-order valence-corrected chi connectivity index (χ1v) is 12.6. The molecule has 0 unspecified atom stereocenters. The molecule has 2 saturated carbocycles. The number of carbonyl (C=O) groups is 1. The Morgan fingerprint density at radius 2 is 1.91 bits per heavy atom. The van der Waals surface area contributed by atoms with Gasteiger partial charge in [0.15, 0.2) is 0 Å². The van der Waals surface area contributed by atoms with Crippen LogP contribution in [0.4, 0.5) is 0 Å². The van der Waals surface area contributed by atoms with E-state index in [2.05, 4.69) is 39.1 Å². The van der Waals surface area contributed by atoms with Gasteiger partial charge >= 0.3 is 0 Å². The third-order valence-electron chi connectivity index (χ3n) is 7.81. The van der Waals surface area contributed by atoms with Gasteiger partial charge in [-0.15, -0.1) is 0 Å². The number of amides is 1. The molecule has 2 aromatic carbocycles. The van der Waals surface area contributed by atoms with Crippen LogP contribution < -0.4 is 10.1 Å². The number of aromatic nitrogens is 2. The third kappa shape index (κ3) is 4.08. The van der Waals surface area contributed by atoms with Gasteiger partial charge in [-0.25, -0.2) is 4.98 Å². The molecule has 2 aromatic heterocycles. The monoisotopic (exact) mass is 485 g/mol. The SMILES string of the molecule is COc1cc(-c2ccc(Cn3ccc4c(Cl)ccc(C(=O)NC5CC6(CCC6)C5)c43)cc2)ccn1. The van der Waals surface area contributed by atoms with Gasteiger partial charge in [0.1, 0.15) is 0 Å². The van der Waals surface area contributed by atoms with Crippen molar-refractivity contribution in [3.05, 3.63) is 83.1 Å². The van der Waals surface area contributed by atoms with E-state index in [0.717, 1.165) is 40.4 Å². The standard InChI is InChI=1S/C29H28ClN3O2/c1-35-26-15-21(9-13-31-26)20-5-3-19(4-6-20)18-33-14-10-23-25(30)8-7-24(27(23)33)28(34)32-22-16-29(17-22)11-2-12-29/h3-10,13-15,22H,2,11-12,16-18H2,1H3,(H,32,34). The Labute approximate surface area is 210 Å². The highest BCUT2D eigenvalue weighted by Crippen LogP contribution is 2.55. The summed E-state index contributed by atoms with van der Waals surface area (Å²) in [6.45, 7) is 0.649. The zero-order valence-electron chi connectivity index (χ0n) is 19.8. The van der Waals surface area contributed by atoms with E-state index < -0.39 is 0 Å². The number of pyridine rings is 1. The smallest absolute Gasteiger partial charge is 0.253 e. The summed E-state index contributed by atoms with van der Waals surface area (Å²) < 4.78 is 7.37. The molecule has 2 aliphatic rings. The Morgan fingerprint density at radius 1 is 1.11 bits per heavy atom. The molecule has 1 N–H and O–H groups in total. The second-order valence-electron chi connectivity index (χ2n) is 10.0. The maximum atomic E-state index is 13.3. The fourth-order valence-corrected chi connectivity index (χ4v) is 5.96. The molecule has 2 fully saturated rings. The van der Waals surface area contributed by atoms with Crippen molar-refractivity contribution in [2.75, 3.05) is 7.11 Å². The highest BCUT2D eigenvalue weighted by molar-refractivity contribution is 6.36. The third-order valence-corrected chi connectivity index (χ3v) is 8.14. The zero-order valence-corrected chi connectivity index (χ0v) is 20.5. The zero-order chi connectivity index (χ0) is 24.0. The molecule has 0 saturated heterocycles. The molecular formula is C29H28ClN3O2. The molecule has 6 rings (SSSR count). The average Bonchev–Trinajstić information content (AvgIpc) is 3.25. The Bertz CT molecular complexity index is 1400. The van der Waals surface area contributed by atoms with Crippen LogP contribution in [0.3, 0.4) is 0 Å². The number of hydrogen-bond acceptors (Lipinski definition) is 3. The molecule has 35 heavy (non-hydrogen) atoms. The molecule has 2 heterocycles. The summed E-state index contributed by atoms with van der Waals surface area (Å²) in [6.07, 6.45) is 9.98. The summed E-state index contributed by atoms with van der Waals surface area (Å²) in [5.41, 5.74) is 5.39. The van der Waals surface area contributed by atoms with Crippen molar-refractivity contribution in [3.8, 4) is 17.0 Å². The summed E-state index contributed by atoms with van der Waals surface area (Å²) in [6, 6.07) is 18.3. The normalized spacial score (nSPS) is 16.6. The first kappa shape index (κ1) is 22.2. The minimum atomic E-state index is -0.00669. The maximum Gasteiger partial charge on any atom is 0.253 e. The van der Waals surface area contributed by atoms with Crippen LogP contribution in [-0.4, -0.2) is 28.6 Å². The van der Waals surface area contributed by atoms with Crippen molar-refractivity contribution in [2.45, 2.75) is 44.7 Å². The first-order valence-electron chi connectivity index (χ1n) is 12.2. The molecule has 1 spiro atoms. The summed E-state index contributed by atoms with van der Waals surface area (Å²) in [5.74, 6) is 0.589. The minimum Gasteiger partial charge on any atom is -0.481 e. The van der Waals surface area contributed by atoms with Gasteiger partial charge in [0.05, 0.1) is 18.2 Å². The lowest BCUT2D eigenvalue weighted by Gasteiger charge is -2.54. The van der Waals surface area contributed by atoms with Crippen LogP contribution in [-0.2, 0) is 6.54 Å². The molecule has 6 heteroatoms. The fourth-order valence-electron chi connectivity index (χ4n) is 5.74. The largest absolute Gasteiger partial charge is 0.481 e. The lowest BCUT2D eigenvalue weighted by molar-refractivity contribution is -0.000603. The van der Waals surface area contributed by atoms with Crippen LogP contribution in [0.5, 0.6) is 5.88 Å². The van der Waals surface area contributed by atoms with Gasteiger partial charge in [-0.05, 0) is 72.1 Å². The molecule has 0 bridgehead atoms. The van der Waals surface area contributed by atoms with E-state index >= 15 is 0 Å². The van der Waals surface area contributed by atoms with Gasteiger partial charge in [-0.2, -0.15) is 0 Å². The van der Waals surface area contributed by atoms with E-state index in [4.69, 9.17) is 16.3 Å². The van der Waals surface area contributed by atoms with Gasteiger partial charge in [-0.1, -0.05) is 42.3 Å². The Hall–Kier alpha value is -3.31. The highest BCUT2D eigenvalue weighted by Gasteiger charge is 2.48. The summed E-state index contributed by atoms with van der Waals surface area (Å²) >= 11 is 6.51. The minimum absolute atomic E-state index is 0.00669. The lowest BCUT2D eigenvalue weighted by Crippen LogP contribution is -2.53. The van der Waals surface area contributed by atoms with Crippen LogP contribution in [0.25, 0.3) is 22.0 Å². The molecule has 1 amide bonds. The van der Waals surface area contributed by atoms with Crippen LogP contribution in [0.15, 0.2) is 67.0 Å². The maximum absolute atomic E-state index is 13.3. The van der Waals surface area contributed by atoms with Crippen molar-refractivity contribution in [1.29, 1.82) is 0 Å². The molecule has 5 nitrogen and oxygen atoms in total. The number of ether oxygens (including phenoxy) is 1. The predicted molar refractivity (Wildman–Crippen MR) is 139 cm³/mol. The number of hydrogen-bond donors (Lipinski definition) is 1. The number of fused-ring (bicyclic) bond motifs is 1. The number of benzene rings is 2. The molecular weight excluding hydrogens is 458 g/mol. The Kier molecular flexibility index (Phi) is 5.53. The predicted octanol–water partition coefficient (Wildman–Crippen LogP) is 6.48. The van der Waals surface area contributed by atoms with Crippen molar-refractivity contribution < 1.29 is 9.53 Å².